The second-order valence-corrected chi connectivity index (χ2v) is 4.87. The van der Waals surface area contributed by atoms with Crippen molar-refractivity contribution in [2.24, 2.45) is 0 Å². The van der Waals surface area contributed by atoms with Crippen molar-refractivity contribution >= 4 is 5.97 Å². The minimum atomic E-state index is -1.07. The van der Waals surface area contributed by atoms with Gasteiger partial charge in [-0.05, 0) is 29.3 Å². The highest BCUT2D eigenvalue weighted by Gasteiger charge is 2.14. The number of carboxylic acid groups (broad SMARTS) is 1. The van der Waals surface area contributed by atoms with Crippen LogP contribution < -0.4 is 0 Å². The third kappa shape index (κ3) is 2.88. The molecule has 0 aliphatic heterocycles. The van der Waals surface area contributed by atoms with Crippen LogP contribution in [0.25, 0.3) is 11.3 Å². The van der Waals surface area contributed by atoms with Crippen LogP contribution in [0.3, 0.4) is 0 Å². The number of benzene rings is 2. The first kappa shape index (κ1) is 14.0. The Morgan fingerprint density at radius 2 is 1.77 bits per heavy atom. The molecule has 2 aromatic carbocycles. The Morgan fingerprint density at radius 3 is 2.41 bits per heavy atom. The van der Waals surface area contributed by atoms with Gasteiger partial charge in [0.05, 0.1) is 12.2 Å². The first-order chi connectivity index (χ1) is 10.6. The Kier molecular flexibility index (Phi) is 3.70. The standard InChI is InChI=1S/C17H13FN2O2/c18-14-8-6-12(7-9-14)11-20-16(10-15(19-20)17(21)22)13-4-2-1-3-5-13/h1-10H,11H2,(H,21,22). The highest BCUT2D eigenvalue weighted by Crippen LogP contribution is 2.21. The molecule has 0 atom stereocenters. The van der Waals surface area contributed by atoms with E-state index in [-0.39, 0.29) is 11.5 Å². The zero-order chi connectivity index (χ0) is 15.5. The number of carboxylic acids is 1. The van der Waals surface area contributed by atoms with Gasteiger partial charge in [-0.25, -0.2) is 9.18 Å². The van der Waals surface area contributed by atoms with E-state index in [2.05, 4.69) is 5.10 Å². The average molecular weight is 296 g/mol. The maximum absolute atomic E-state index is 13.0. The quantitative estimate of drug-likeness (QED) is 0.802. The van der Waals surface area contributed by atoms with Gasteiger partial charge in [0.25, 0.3) is 0 Å². The zero-order valence-electron chi connectivity index (χ0n) is 11.6. The van der Waals surface area contributed by atoms with Crippen LogP contribution in [0.15, 0.2) is 60.7 Å². The molecule has 1 heterocycles. The molecule has 1 aromatic heterocycles. The number of carbonyl (C=O) groups is 1. The fraction of sp³-hybridized carbons (Fsp3) is 0.0588. The molecule has 0 spiro atoms. The van der Waals surface area contributed by atoms with Crippen molar-refractivity contribution in [3.8, 4) is 11.3 Å². The molecule has 0 bridgehead atoms. The van der Waals surface area contributed by atoms with Crippen molar-refractivity contribution in [1.82, 2.24) is 9.78 Å². The van der Waals surface area contributed by atoms with Gasteiger partial charge < -0.3 is 5.11 Å². The van der Waals surface area contributed by atoms with E-state index < -0.39 is 5.97 Å². The van der Waals surface area contributed by atoms with Crippen molar-refractivity contribution in [2.45, 2.75) is 6.54 Å². The van der Waals surface area contributed by atoms with Crippen LogP contribution in [0.2, 0.25) is 0 Å². The molecule has 0 amide bonds. The van der Waals surface area contributed by atoms with E-state index >= 15 is 0 Å². The van der Waals surface area contributed by atoms with Gasteiger partial charge in [0.15, 0.2) is 5.69 Å². The van der Waals surface area contributed by atoms with Crippen molar-refractivity contribution in [1.29, 1.82) is 0 Å². The molecule has 0 aliphatic rings. The van der Waals surface area contributed by atoms with Crippen molar-refractivity contribution < 1.29 is 14.3 Å². The fourth-order valence-corrected chi connectivity index (χ4v) is 2.25. The molecule has 1 N–H and O–H groups in total. The third-order valence-electron chi connectivity index (χ3n) is 3.31. The summed E-state index contributed by atoms with van der Waals surface area (Å²) in [5, 5.41) is 13.3. The summed E-state index contributed by atoms with van der Waals surface area (Å²) in [4.78, 5) is 11.2. The van der Waals surface area contributed by atoms with E-state index in [0.29, 0.717) is 12.2 Å². The van der Waals surface area contributed by atoms with Crippen LogP contribution in [-0.2, 0) is 6.54 Å². The van der Waals surface area contributed by atoms with Crippen molar-refractivity contribution in [2.75, 3.05) is 0 Å². The normalized spacial score (nSPS) is 10.6. The number of aromatic nitrogens is 2. The minimum Gasteiger partial charge on any atom is -0.476 e. The molecule has 0 fully saturated rings. The first-order valence-corrected chi connectivity index (χ1v) is 6.74. The maximum Gasteiger partial charge on any atom is 0.356 e. The number of nitrogens with zero attached hydrogens (tertiary/aromatic N) is 2. The predicted molar refractivity (Wildman–Crippen MR) is 80.1 cm³/mol. The number of aromatic carboxylic acids is 1. The predicted octanol–water partition coefficient (Wildman–Crippen LogP) is 3.44. The Hall–Kier alpha value is -2.95. The Balaban J connectivity index is 2.02. The molecular formula is C17H13FN2O2. The van der Waals surface area contributed by atoms with Crippen molar-refractivity contribution in [3.05, 3.63) is 77.7 Å². The molecule has 3 rings (SSSR count). The maximum atomic E-state index is 13.0. The zero-order valence-corrected chi connectivity index (χ0v) is 11.6. The number of hydrogen-bond acceptors (Lipinski definition) is 2. The smallest absolute Gasteiger partial charge is 0.356 e. The average Bonchev–Trinajstić information content (AvgIpc) is 2.95. The lowest BCUT2D eigenvalue weighted by atomic mass is 10.1. The summed E-state index contributed by atoms with van der Waals surface area (Å²) >= 11 is 0. The van der Waals surface area contributed by atoms with Crippen LogP contribution in [0.4, 0.5) is 4.39 Å². The van der Waals surface area contributed by atoms with Gasteiger partial charge in [-0.2, -0.15) is 5.10 Å². The molecule has 3 aromatic rings. The molecule has 5 heteroatoms. The molecule has 0 aliphatic carbocycles. The lowest BCUT2D eigenvalue weighted by molar-refractivity contribution is 0.0689. The van der Waals surface area contributed by atoms with Crippen molar-refractivity contribution in [3.63, 3.8) is 0 Å². The van der Waals surface area contributed by atoms with Gasteiger partial charge in [0.2, 0.25) is 0 Å². The minimum absolute atomic E-state index is 0.0130. The molecule has 0 unspecified atom stereocenters. The lowest BCUT2D eigenvalue weighted by Gasteiger charge is -2.07. The van der Waals surface area contributed by atoms with Gasteiger partial charge in [-0.15, -0.1) is 0 Å². The van der Waals surface area contributed by atoms with E-state index in [1.165, 1.54) is 12.1 Å². The largest absolute Gasteiger partial charge is 0.476 e. The third-order valence-corrected chi connectivity index (χ3v) is 3.31. The summed E-state index contributed by atoms with van der Waals surface area (Å²) in [5.74, 6) is -1.38. The highest BCUT2D eigenvalue weighted by molar-refractivity contribution is 5.87. The van der Waals surface area contributed by atoms with Crippen LogP contribution in [0.5, 0.6) is 0 Å². The summed E-state index contributed by atoms with van der Waals surface area (Å²) in [6.07, 6.45) is 0. The van der Waals surface area contributed by atoms with E-state index in [9.17, 15) is 9.18 Å². The van der Waals surface area contributed by atoms with Crippen LogP contribution >= 0.6 is 0 Å². The van der Waals surface area contributed by atoms with E-state index in [1.54, 1.807) is 22.9 Å². The molecule has 0 radical (unpaired) electrons. The Labute approximate surface area is 126 Å². The molecule has 110 valence electrons. The van der Waals surface area contributed by atoms with Gasteiger partial charge in [-0.3, -0.25) is 4.68 Å². The molecule has 0 saturated heterocycles. The summed E-state index contributed by atoms with van der Waals surface area (Å²) < 4.78 is 14.6. The molecule has 0 saturated carbocycles. The van der Waals surface area contributed by atoms with Crippen LogP contribution in [0, 0.1) is 5.82 Å². The van der Waals surface area contributed by atoms with Gasteiger partial charge in [0, 0.05) is 0 Å². The summed E-state index contributed by atoms with van der Waals surface area (Å²) in [6.45, 7) is 0.373. The van der Waals surface area contributed by atoms with E-state index in [4.69, 9.17) is 5.11 Å². The number of hydrogen-bond donors (Lipinski definition) is 1. The highest BCUT2D eigenvalue weighted by atomic mass is 19.1. The molecule has 4 nitrogen and oxygen atoms in total. The molecular weight excluding hydrogens is 283 g/mol. The Bertz CT molecular complexity index is 795. The van der Waals surface area contributed by atoms with E-state index in [0.717, 1.165) is 11.1 Å². The summed E-state index contributed by atoms with van der Waals surface area (Å²) in [7, 11) is 0. The lowest BCUT2D eigenvalue weighted by Crippen LogP contribution is -2.06. The second-order valence-electron chi connectivity index (χ2n) is 4.87. The van der Waals surface area contributed by atoms with Crippen LogP contribution in [0.1, 0.15) is 16.1 Å². The second kappa shape index (κ2) is 5.81. The van der Waals surface area contributed by atoms with Gasteiger partial charge >= 0.3 is 5.97 Å². The monoisotopic (exact) mass is 296 g/mol. The molecule has 22 heavy (non-hydrogen) atoms. The number of halogens is 1. The van der Waals surface area contributed by atoms with Crippen LogP contribution in [-0.4, -0.2) is 20.9 Å². The first-order valence-electron chi connectivity index (χ1n) is 6.74. The summed E-state index contributed by atoms with van der Waals surface area (Å²) in [6, 6.07) is 17.0. The summed E-state index contributed by atoms with van der Waals surface area (Å²) in [5.41, 5.74) is 2.42. The Morgan fingerprint density at radius 1 is 1.09 bits per heavy atom. The fourth-order valence-electron chi connectivity index (χ4n) is 2.25. The number of rotatable bonds is 4. The topological polar surface area (TPSA) is 55.1 Å². The van der Waals surface area contributed by atoms with Gasteiger partial charge in [0.1, 0.15) is 5.82 Å². The van der Waals surface area contributed by atoms with E-state index in [1.807, 2.05) is 30.3 Å². The SMILES string of the molecule is O=C(O)c1cc(-c2ccccc2)n(Cc2ccc(F)cc2)n1. The van der Waals surface area contributed by atoms with Gasteiger partial charge in [-0.1, -0.05) is 42.5 Å².